The quantitative estimate of drug-likeness (QED) is 0.715. The summed E-state index contributed by atoms with van der Waals surface area (Å²) in [5.74, 6) is 0.323. The highest BCUT2D eigenvalue weighted by Crippen LogP contribution is 2.19. The zero-order valence-electron chi connectivity index (χ0n) is 11.6. The summed E-state index contributed by atoms with van der Waals surface area (Å²) in [5, 5.41) is 0. The average molecular weight is 241 g/mol. The van der Waals surface area contributed by atoms with Crippen LogP contribution >= 0.6 is 0 Å². The van der Waals surface area contributed by atoms with Crippen LogP contribution in [0.15, 0.2) is 0 Å². The minimum Gasteiger partial charge on any atom is -0.377 e. The highest BCUT2D eigenvalue weighted by Gasteiger charge is 2.26. The first-order chi connectivity index (χ1) is 8.15. The summed E-state index contributed by atoms with van der Waals surface area (Å²) in [6.07, 6.45) is 6.53. The molecule has 0 radical (unpaired) electrons. The van der Waals surface area contributed by atoms with Gasteiger partial charge in [0.05, 0.1) is 18.8 Å². The van der Waals surface area contributed by atoms with E-state index in [1.165, 1.54) is 6.42 Å². The fourth-order valence-electron chi connectivity index (χ4n) is 2.28. The number of unbranched alkanes of at least 4 members (excludes halogenated alkanes) is 1. The predicted octanol–water partition coefficient (Wildman–Crippen LogP) is 2.98. The van der Waals surface area contributed by atoms with Gasteiger partial charge in [0.15, 0.2) is 0 Å². The van der Waals surface area contributed by atoms with Crippen LogP contribution in [-0.4, -0.2) is 36.1 Å². The van der Waals surface area contributed by atoms with Crippen molar-refractivity contribution in [1.82, 2.24) is 4.90 Å². The van der Waals surface area contributed by atoms with Gasteiger partial charge in [-0.2, -0.15) is 0 Å². The zero-order valence-corrected chi connectivity index (χ0v) is 11.6. The monoisotopic (exact) mass is 241 g/mol. The Kier molecular flexibility index (Phi) is 6.56. The Morgan fingerprint density at radius 2 is 2.18 bits per heavy atom. The van der Waals surface area contributed by atoms with Crippen molar-refractivity contribution in [2.24, 2.45) is 0 Å². The number of amides is 1. The van der Waals surface area contributed by atoms with Gasteiger partial charge in [-0.1, -0.05) is 13.3 Å². The van der Waals surface area contributed by atoms with E-state index in [2.05, 4.69) is 11.8 Å². The molecule has 1 fully saturated rings. The summed E-state index contributed by atoms with van der Waals surface area (Å²) in [5.41, 5.74) is 0. The minimum absolute atomic E-state index is 0.254. The molecule has 0 spiro atoms. The Balaban J connectivity index is 2.44. The van der Waals surface area contributed by atoms with Crippen molar-refractivity contribution in [2.75, 3.05) is 13.2 Å². The van der Waals surface area contributed by atoms with Gasteiger partial charge in [-0.15, -0.1) is 0 Å². The number of likely N-dealkylation sites (tertiary alicyclic amines) is 1. The van der Waals surface area contributed by atoms with Gasteiger partial charge in [-0.3, -0.25) is 4.79 Å². The molecule has 3 nitrogen and oxygen atoms in total. The first-order valence-electron chi connectivity index (χ1n) is 7.06. The van der Waals surface area contributed by atoms with Crippen molar-refractivity contribution in [1.29, 1.82) is 0 Å². The maximum Gasteiger partial charge on any atom is 0.222 e. The van der Waals surface area contributed by atoms with Crippen LogP contribution < -0.4 is 0 Å². The molecule has 1 aliphatic heterocycles. The second-order valence-electron chi connectivity index (χ2n) is 5.22. The van der Waals surface area contributed by atoms with Crippen molar-refractivity contribution in [3.05, 3.63) is 0 Å². The van der Waals surface area contributed by atoms with Gasteiger partial charge < -0.3 is 9.64 Å². The molecule has 1 saturated heterocycles. The van der Waals surface area contributed by atoms with Crippen molar-refractivity contribution < 1.29 is 9.53 Å². The fraction of sp³-hybridized carbons (Fsp3) is 0.929. The topological polar surface area (TPSA) is 29.5 Å². The Morgan fingerprint density at radius 3 is 2.82 bits per heavy atom. The summed E-state index contributed by atoms with van der Waals surface area (Å²) in [7, 11) is 0. The van der Waals surface area contributed by atoms with Crippen LogP contribution in [0.1, 0.15) is 59.3 Å². The molecule has 1 amide bonds. The first-order valence-corrected chi connectivity index (χ1v) is 7.06. The number of hydrogen-bond acceptors (Lipinski definition) is 2. The maximum absolute atomic E-state index is 12.1. The van der Waals surface area contributed by atoms with Gasteiger partial charge in [0.2, 0.25) is 5.91 Å². The maximum atomic E-state index is 12.1. The fourth-order valence-corrected chi connectivity index (χ4v) is 2.28. The van der Waals surface area contributed by atoms with E-state index < -0.39 is 0 Å². The Hall–Kier alpha value is -0.570. The zero-order chi connectivity index (χ0) is 12.7. The summed E-state index contributed by atoms with van der Waals surface area (Å²) in [6, 6.07) is 0.315. The smallest absolute Gasteiger partial charge is 0.222 e. The summed E-state index contributed by atoms with van der Waals surface area (Å²) >= 11 is 0. The van der Waals surface area contributed by atoms with E-state index >= 15 is 0 Å². The number of carbonyl (C=O) groups is 1. The number of rotatable bonds is 6. The van der Waals surface area contributed by atoms with Gasteiger partial charge in [-0.25, -0.2) is 0 Å². The molecular formula is C14H27NO2. The molecule has 0 bridgehead atoms. The van der Waals surface area contributed by atoms with Crippen molar-refractivity contribution in [3.63, 3.8) is 0 Å². The third-order valence-corrected chi connectivity index (χ3v) is 3.31. The Morgan fingerprint density at radius 1 is 1.41 bits per heavy atom. The molecule has 17 heavy (non-hydrogen) atoms. The lowest BCUT2D eigenvalue weighted by molar-refractivity contribution is -0.137. The molecule has 0 saturated carbocycles. The van der Waals surface area contributed by atoms with E-state index in [4.69, 9.17) is 4.74 Å². The third kappa shape index (κ3) is 5.07. The second kappa shape index (κ2) is 7.70. The SMILES string of the molecule is CCCCC(=O)N1CCCCC1COC(C)C. The number of piperidine rings is 1. The van der Waals surface area contributed by atoms with Crippen LogP contribution in [0.25, 0.3) is 0 Å². The second-order valence-corrected chi connectivity index (χ2v) is 5.22. The normalized spacial score (nSPS) is 20.9. The molecule has 3 heteroatoms. The largest absolute Gasteiger partial charge is 0.377 e. The molecular weight excluding hydrogens is 214 g/mol. The standard InChI is InChI=1S/C14H27NO2/c1-4-5-9-14(16)15-10-7-6-8-13(15)11-17-12(2)3/h12-13H,4-11H2,1-3H3. The molecule has 0 aliphatic carbocycles. The summed E-state index contributed by atoms with van der Waals surface area (Å²) in [4.78, 5) is 14.1. The molecule has 1 heterocycles. The number of nitrogens with zero attached hydrogens (tertiary/aromatic N) is 1. The highest BCUT2D eigenvalue weighted by molar-refractivity contribution is 5.76. The Labute approximate surface area is 106 Å². The predicted molar refractivity (Wildman–Crippen MR) is 70.0 cm³/mol. The van der Waals surface area contributed by atoms with Crippen LogP contribution in [0.4, 0.5) is 0 Å². The van der Waals surface area contributed by atoms with Gasteiger partial charge >= 0.3 is 0 Å². The minimum atomic E-state index is 0.254. The van der Waals surface area contributed by atoms with E-state index in [-0.39, 0.29) is 6.10 Å². The van der Waals surface area contributed by atoms with Gasteiger partial charge in [-0.05, 0) is 39.5 Å². The molecule has 1 aliphatic rings. The lowest BCUT2D eigenvalue weighted by Gasteiger charge is -2.36. The number of carbonyl (C=O) groups excluding carboxylic acids is 1. The van der Waals surface area contributed by atoms with Crippen molar-refractivity contribution in [2.45, 2.75) is 71.4 Å². The molecule has 1 atom stereocenters. The molecule has 100 valence electrons. The lowest BCUT2D eigenvalue weighted by atomic mass is 10.0. The lowest BCUT2D eigenvalue weighted by Crippen LogP contribution is -2.46. The molecule has 0 aromatic carbocycles. The molecule has 0 aromatic rings. The number of hydrogen-bond donors (Lipinski definition) is 0. The van der Waals surface area contributed by atoms with Crippen molar-refractivity contribution in [3.8, 4) is 0 Å². The van der Waals surface area contributed by atoms with E-state index in [1.807, 2.05) is 13.8 Å². The van der Waals surface area contributed by atoms with E-state index in [0.29, 0.717) is 25.0 Å². The highest BCUT2D eigenvalue weighted by atomic mass is 16.5. The average Bonchev–Trinajstić information content (AvgIpc) is 2.33. The Bertz CT molecular complexity index is 228. The molecule has 1 unspecified atom stereocenters. The number of ether oxygens (including phenoxy) is 1. The van der Waals surface area contributed by atoms with Crippen molar-refractivity contribution >= 4 is 5.91 Å². The van der Waals surface area contributed by atoms with Crippen LogP contribution in [0, 0.1) is 0 Å². The van der Waals surface area contributed by atoms with E-state index in [0.717, 1.165) is 32.2 Å². The van der Waals surface area contributed by atoms with Crippen LogP contribution in [0.5, 0.6) is 0 Å². The first kappa shape index (κ1) is 14.5. The van der Waals surface area contributed by atoms with Gasteiger partial charge in [0.1, 0.15) is 0 Å². The molecule has 1 rings (SSSR count). The van der Waals surface area contributed by atoms with Crippen LogP contribution in [-0.2, 0) is 9.53 Å². The van der Waals surface area contributed by atoms with Crippen LogP contribution in [0.3, 0.4) is 0 Å². The van der Waals surface area contributed by atoms with E-state index in [1.54, 1.807) is 0 Å². The molecule has 0 aromatic heterocycles. The van der Waals surface area contributed by atoms with Gasteiger partial charge in [0, 0.05) is 13.0 Å². The third-order valence-electron chi connectivity index (χ3n) is 3.31. The van der Waals surface area contributed by atoms with E-state index in [9.17, 15) is 4.79 Å². The summed E-state index contributed by atoms with van der Waals surface area (Å²) in [6.45, 7) is 7.85. The van der Waals surface area contributed by atoms with Gasteiger partial charge in [0.25, 0.3) is 0 Å². The van der Waals surface area contributed by atoms with Crippen LogP contribution in [0.2, 0.25) is 0 Å². The summed E-state index contributed by atoms with van der Waals surface area (Å²) < 4.78 is 5.67. The molecule has 0 N–H and O–H groups in total.